The van der Waals surface area contributed by atoms with Gasteiger partial charge in [-0.3, -0.25) is 4.98 Å². The number of anilines is 3. The fourth-order valence-corrected chi connectivity index (χ4v) is 7.39. The van der Waals surface area contributed by atoms with E-state index in [0.29, 0.717) is 75.7 Å². The quantitative estimate of drug-likeness (QED) is 0.410. The summed E-state index contributed by atoms with van der Waals surface area (Å²) in [6.07, 6.45) is 2.53. The number of hydrogen-bond donors (Lipinski definition) is 1. The second-order valence-corrected chi connectivity index (χ2v) is 13.8. The van der Waals surface area contributed by atoms with Crippen LogP contribution in [0, 0.1) is 18.6 Å². The van der Waals surface area contributed by atoms with Crippen LogP contribution in [-0.2, 0) is 19.6 Å². The van der Waals surface area contributed by atoms with E-state index in [-0.39, 0.29) is 17.0 Å². The van der Waals surface area contributed by atoms with Gasteiger partial charge in [0.1, 0.15) is 23.1 Å². The Morgan fingerprint density at radius 3 is 2.54 bits per heavy atom. The van der Waals surface area contributed by atoms with Gasteiger partial charge in [0.2, 0.25) is 0 Å². The van der Waals surface area contributed by atoms with Crippen LogP contribution in [0.4, 0.5) is 30.8 Å². The van der Waals surface area contributed by atoms with Crippen LogP contribution in [0.2, 0.25) is 0 Å². The summed E-state index contributed by atoms with van der Waals surface area (Å²) in [5, 5.41) is 3.90. The normalized spacial score (nSPS) is 23.5. The van der Waals surface area contributed by atoms with Gasteiger partial charge >= 0.3 is 6.09 Å². The topological polar surface area (TPSA) is 92.3 Å². The number of benzene rings is 1. The standard InChI is InChI=1S/C34H42F2N6O4/c1-21-28(27-18-34(5-12-45-27)20-38-26-17-23(19-37-30(26)34)40-10-13-44-14-11-40)29-24(36)15-22(35)16-25(29)39-31(21)41-6-8-42(9-7-41)32(43)46-33(2,3)4/h15-17,19,27,38H,5-14,18,20H2,1-4H3/t27-,34?/m1/s1. The molecule has 246 valence electrons. The van der Waals surface area contributed by atoms with E-state index in [2.05, 4.69) is 21.2 Å². The molecule has 0 aliphatic carbocycles. The Bertz CT molecular complexity index is 1650. The summed E-state index contributed by atoms with van der Waals surface area (Å²) in [5.74, 6) is -0.677. The number of nitrogens with one attached hydrogen (secondary N) is 1. The number of halogens is 2. The molecule has 1 unspecified atom stereocenters. The number of nitrogens with zero attached hydrogens (tertiary/aromatic N) is 5. The van der Waals surface area contributed by atoms with Crippen molar-refractivity contribution < 1.29 is 27.8 Å². The first-order chi connectivity index (χ1) is 22.0. The number of piperazine rings is 1. The molecule has 12 heteroatoms. The minimum Gasteiger partial charge on any atom is -0.444 e. The third-order valence-corrected chi connectivity index (χ3v) is 9.67. The Morgan fingerprint density at radius 1 is 1.04 bits per heavy atom. The van der Waals surface area contributed by atoms with Gasteiger partial charge in [0.15, 0.2) is 0 Å². The van der Waals surface area contributed by atoms with Gasteiger partial charge in [0, 0.05) is 75.4 Å². The zero-order valence-corrected chi connectivity index (χ0v) is 27.0. The smallest absolute Gasteiger partial charge is 0.410 e. The highest BCUT2D eigenvalue weighted by molar-refractivity contribution is 5.87. The Hall–Kier alpha value is -3.77. The molecule has 2 atom stereocenters. The molecule has 7 rings (SSSR count). The van der Waals surface area contributed by atoms with Gasteiger partial charge in [-0.1, -0.05) is 0 Å². The van der Waals surface area contributed by atoms with Crippen molar-refractivity contribution in [3.05, 3.63) is 52.9 Å². The lowest BCUT2D eigenvalue weighted by molar-refractivity contribution is -0.0186. The molecule has 1 aromatic carbocycles. The molecular formula is C34H42F2N6O4. The van der Waals surface area contributed by atoms with E-state index in [9.17, 15) is 9.18 Å². The zero-order valence-electron chi connectivity index (χ0n) is 27.0. The van der Waals surface area contributed by atoms with Crippen molar-refractivity contribution in [3.8, 4) is 0 Å². The number of hydrogen-bond acceptors (Lipinski definition) is 9. The van der Waals surface area contributed by atoms with Crippen molar-refractivity contribution in [2.24, 2.45) is 0 Å². The number of pyridine rings is 2. The lowest BCUT2D eigenvalue weighted by Crippen LogP contribution is -2.50. The van der Waals surface area contributed by atoms with Gasteiger partial charge in [-0.15, -0.1) is 0 Å². The third-order valence-electron chi connectivity index (χ3n) is 9.67. The monoisotopic (exact) mass is 636 g/mol. The van der Waals surface area contributed by atoms with E-state index < -0.39 is 23.3 Å². The first-order valence-electron chi connectivity index (χ1n) is 16.2. The van der Waals surface area contributed by atoms with Crippen molar-refractivity contribution in [2.75, 3.05) is 80.8 Å². The van der Waals surface area contributed by atoms with E-state index >= 15 is 4.39 Å². The van der Waals surface area contributed by atoms with E-state index in [1.165, 1.54) is 6.07 Å². The van der Waals surface area contributed by atoms with Crippen LogP contribution in [0.1, 0.15) is 56.5 Å². The summed E-state index contributed by atoms with van der Waals surface area (Å²) < 4.78 is 47.8. The van der Waals surface area contributed by atoms with Crippen molar-refractivity contribution in [1.29, 1.82) is 0 Å². The molecule has 1 amide bonds. The maximum absolute atomic E-state index is 15.7. The van der Waals surface area contributed by atoms with E-state index in [0.717, 1.165) is 48.2 Å². The summed E-state index contributed by atoms with van der Waals surface area (Å²) in [5.41, 5.74) is 3.99. The van der Waals surface area contributed by atoms with Gasteiger partial charge < -0.3 is 34.2 Å². The van der Waals surface area contributed by atoms with E-state index in [4.69, 9.17) is 24.2 Å². The maximum Gasteiger partial charge on any atom is 0.410 e. The fourth-order valence-electron chi connectivity index (χ4n) is 7.39. The minimum absolute atomic E-state index is 0.254. The van der Waals surface area contributed by atoms with Crippen molar-refractivity contribution in [3.63, 3.8) is 0 Å². The SMILES string of the molecule is Cc1c(N2CCN(C(=O)OC(C)(C)C)CC2)nc2cc(F)cc(F)c2c1[C@H]1CC2(CCO1)CNc1cc(N3CCOCC3)cnc12. The van der Waals surface area contributed by atoms with Crippen LogP contribution in [0.25, 0.3) is 10.9 Å². The average molecular weight is 637 g/mol. The number of carbonyl (C=O) groups excluding carboxylic acids is 1. The fraction of sp³-hybridized carbons (Fsp3) is 0.559. The predicted octanol–water partition coefficient (Wildman–Crippen LogP) is 5.33. The molecule has 3 aromatic rings. The van der Waals surface area contributed by atoms with Crippen LogP contribution in [0.5, 0.6) is 0 Å². The van der Waals surface area contributed by atoms with Gasteiger partial charge in [-0.05, 0) is 57.7 Å². The minimum atomic E-state index is -0.678. The van der Waals surface area contributed by atoms with E-state index in [1.54, 1.807) is 4.90 Å². The summed E-state index contributed by atoms with van der Waals surface area (Å²) in [7, 11) is 0. The number of carbonyl (C=O) groups is 1. The molecule has 0 radical (unpaired) electrons. The molecule has 0 bridgehead atoms. The summed E-state index contributed by atoms with van der Waals surface area (Å²) in [6, 6.07) is 4.39. The van der Waals surface area contributed by atoms with Gasteiger partial charge in [-0.25, -0.2) is 18.6 Å². The molecule has 1 spiro atoms. The summed E-state index contributed by atoms with van der Waals surface area (Å²) in [4.78, 5) is 28.6. The highest BCUT2D eigenvalue weighted by atomic mass is 19.1. The lowest BCUT2D eigenvalue weighted by Gasteiger charge is -2.40. The number of aromatic nitrogens is 2. The van der Waals surface area contributed by atoms with Crippen LogP contribution in [0.15, 0.2) is 24.4 Å². The second kappa shape index (κ2) is 11.8. The number of morpholine rings is 1. The lowest BCUT2D eigenvalue weighted by atomic mass is 9.74. The molecule has 4 aliphatic rings. The van der Waals surface area contributed by atoms with Crippen LogP contribution < -0.4 is 15.1 Å². The molecular weight excluding hydrogens is 594 g/mol. The summed E-state index contributed by atoms with van der Waals surface area (Å²) >= 11 is 0. The van der Waals surface area contributed by atoms with Crippen molar-refractivity contribution in [1.82, 2.24) is 14.9 Å². The Morgan fingerprint density at radius 2 is 1.80 bits per heavy atom. The first-order valence-corrected chi connectivity index (χ1v) is 16.2. The van der Waals surface area contributed by atoms with E-state index in [1.807, 2.05) is 33.9 Å². The average Bonchev–Trinajstić information content (AvgIpc) is 3.37. The molecule has 0 saturated carbocycles. The highest BCUT2D eigenvalue weighted by Gasteiger charge is 2.46. The number of ether oxygens (including phenoxy) is 3. The Kier molecular flexibility index (Phi) is 7.91. The van der Waals surface area contributed by atoms with Crippen LogP contribution in [0.3, 0.4) is 0 Å². The molecule has 3 saturated heterocycles. The zero-order chi connectivity index (χ0) is 32.2. The Labute approximate surface area is 268 Å². The molecule has 3 fully saturated rings. The molecule has 2 aromatic heterocycles. The van der Waals surface area contributed by atoms with Gasteiger partial charge in [0.25, 0.3) is 0 Å². The number of fused-ring (bicyclic) bond motifs is 3. The first kappa shape index (κ1) is 30.9. The maximum atomic E-state index is 15.7. The Balaban J connectivity index is 1.20. The highest BCUT2D eigenvalue weighted by Crippen LogP contribution is 2.50. The van der Waals surface area contributed by atoms with Crippen molar-refractivity contribution >= 4 is 34.2 Å². The van der Waals surface area contributed by atoms with Gasteiger partial charge in [0.05, 0.1) is 48.1 Å². The molecule has 6 heterocycles. The molecule has 10 nitrogen and oxygen atoms in total. The summed E-state index contributed by atoms with van der Waals surface area (Å²) in [6.45, 7) is 13.7. The largest absolute Gasteiger partial charge is 0.444 e. The number of amides is 1. The molecule has 46 heavy (non-hydrogen) atoms. The molecule has 4 aliphatic heterocycles. The molecule has 1 N–H and O–H groups in total. The van der Waals surface area contributed by atoms with Crippen molar-refractivity contribution in [2.45, 2.75) is 57.7 Å². The van der Waals surface area contributed by atoms with Gasteiger partial charge in [-0.2, -0.15) is 0 Å². The van der Waals surface area contributed by atoms with Crippen LogP contribution in [-0.4, -0.2) is 92.2 Å². The predicted molar refractivity (Wildman–Crippen MR) is 172 cm³/mol. The third kappa shape index (κ3) is 5.70. The van der Waals surface area contributed by atoms with Crippen LogP contribution >= 0.6 is 0 Å². The number of rotatable bonds is 3. The second-order valence-electron chi connectivity index (χ2n) is 13.8.